The van der Waals surface area contributed by atoms with E-state index in [2.05, 4.69) is 74.6 Å². The Hall–Kier alpha value is -1.76. The Morgan fingerprint density at radius 1 is 1.15 bits per heavy atom. The average molecular weight is 268 g/mol. The minimum atomic E-state index is -0.322. The van der Waals surface area contributed by atoms with Crippen molar-refractivity contribution in [3.8, 4) is 5.75 Å². The Labute approximate surface area is 122 Å². The van der Waals surface area contributed by atoms with Crippen molar-refractivity contribution in [2.75, 3.05) is 0 Å². The molecule has 1 heteroatoms. The smallest absolute Gasteiger partial charge is 0.149 e. The van der Waals surface area contributed by atoms with Crippen molar-refractivity contribution in [2.24, 2.45) is 0 Å². The molecular weight excluding hydrogens is 244 g/mol. The highest BCUT2D eigenvalue weighted by Crippen LogP contribution is 2.28. The zero-order valence-electron chi connectivity index (χ0n) is 12.5. The fraction of sp³-hybridized carbons (Fsp3) is 0.368. The van der Waals surface area contributed by atoms with Crippen LogP contribution in [0.2, 0.25) is 0 Å². The van der Waals surface area contributed by atoms with E-state index < -0.39 is 0 Å². The molecular formula is C19H24O. The summed E-state index contributed by atoms with van der Waals surface area (Å²) in [4.78, 5) is 0. The number of aryl methyl sites for hydroxylation is 1. The average Bonchev–Trinajstić information content (AvgIpc) is 2.49. The molecule has 1 aliphatic rings. The van der Waals surface area contributed by atoms with Crippen LogP contribution in [0.25, 0.3) is 0 Å². The third-order valence-electron chi connectivity index (χ3n) is 3.47. The summed E-state index contributed by atoms with van der Waals surface area (Å²) >= 11 is 0. The maximum atomic E-state index is 6.25. The summed E-state index contributed by atoms with van der Waals surface area (Å²) in [5, 5.41) is 0. The zero-order valence-corrected chi connectivity index (χ0v) is 12.5. The lowest BCUT2D eigenvalue weighted by Crippen LogP contribution is -2.31. The molecule has 0 spiro atoms. The SMILES string of the molecule is CCC=CC1(Oc2ccc(CCC)cc2)C=CC=CC1. The largest absolute Gasteiger partial charge is 0.479 e. The molecule has 0 radical (unpaired) electrons. The number of ether oxygens (including phenoxy) is 1. The summed E-state index contributed by atoms with van der Waals surface area (Å²) in [5.41, 5.74) is 1.05. The minimum Gasteiger partial charge on any atom is -0.479 e. The number of rotatable bonds is 6. The summed E-state index contributed by atoms with van der Waals surface area (Å²) in [7, 11) is 0. The normalized spacial score (nSPS) is 21.5. The second-order valence-corrected chi connectivity index (χ2v) is 5.25. The summed E-state index contributed by atoms with van der Waals surface area (Å²) in [6.45, 7) is 4.35. The molecule has 2 rings (SSSR count). The Bertz CT molecular complexity index is 493. The first kappa shape index (κ1) is 14.6. The van der Waals surface area contributed by atoms with E-state index in [9.17, 15) is 0 Å². The number of hydrogen-bond acceptors (Lipinski definition) is 1. The van der Waals surface area contributed by atoms with E-state index in [1.807, 2.05) is 0 Å². The lowest BCUT2D eigenvalue weighted by atomic mass is 9.94. The quantitative estimate of drug-likeness (QED) is 0.641. The fourth-order valence-electron chi connectivity index (χ4n) is 2.40. The van der Waals surface area contributed by atoms with Gasteiger partial charge < -0.3 is 4.74 Å². The van der Waals surface area contributed by atoms with Crippen LogP contribution in [-0.4, -0.2) is 5.60 Å². The van der Waals surface area contributed by atoms with Crippen molar-refractivity contribution in [2.45, 2.75) is 45.1 Å². The van der Waals surface area contributed by atoms with E-state index in [1.165, 1.54) is 12.0 Å². The van der Waals surface area contributed by atoms with Crippen LogP contribution < -0.4 is 4.74 Å². The molecule has 0 amide bonds. The van der Waals surface area contributed by atoms with Gasteiger partial charge in [-0.1, -0.05) is 56.7 Å². The predicted octanol–water partition coefficient (Wildman–Crippen LogP) is 5.24. The van der Waals surface area contributed by atoms with Crippen molar-refractivity contribution in [1.29, 1.82) is 0 Å². The van der Waals surface area contributed by atoms with E-state index in [0.29, 0.717) is 0 Å². The molecule has 106 valence electrons. The van der Waals surface area contributed by atoms with Gasteiger partial charge in [0.05, 0.1) is 0 Å². The number of benzene rings is 1. The van der Waals surface area contributed by atoms with Gasteiger partial charge in [-0.3, -0.25) is 0 Å². The van der Waals surface area contributed by atoms with Gasteiger partial charge in [0, 0.05) is 6.42 Å². The van der Waals surface area contributed by atoms with Gasteiger partial charge in [0.15, 0.2) is 0 Å². The molecule has 1 nitrogen and oxygen atoms in total. The highest BCUT2D eigenvalue weighted by atomic mass is 16.5. The molecule has 0 saturated carbocycles. The van der Waals surface area contributed by atoms with Crippen LogP contribution in [0.1, 0.15) is 38.7 Å². The minimum absolute atomic E-state index is 0.322. The Morgan fingerprint density at radius 3 is 2.55 bits per heavy atom. The first-order valence-electron chi connectivity index (χ1n) is 7.58. The number of allylic oxidation sites excluding steroid dienone is 3. The molecule has 0 saturated heterocycles. The first-order valence-corrected chi connectivity index (χ1v) is 7.58. The zero-order chi connectivity index (χ0) is 14.3. The standard InChI is InChI=1S/C19H24O/c1-3-5-14-19(15-7-6-8-16-19)20-18-12-10-17(9-4-2)11-13-18/h5-8,10-15H,3-4,9,16H2,1-2H3. The lowest BCUT2D eigenvalue weighted by Gasteiger charge is -2.29. The van der Waals surface area contributed by atoms with Gasteiger partial charge in [0.1, 0.15) is 11.4 Å². The van der Waals surface area contributed by atoms with Crippen molar-refractivity contribution >= 4 is 0 Å². The third kappa shape index (κ3) is 3.86. The van der Waals surface area contributed by atoms with E-state index in [4.69, 9.17) is 4.74 Å². The van der Waals surface area contributed by atoms with Crippen molar-refractivity contribution in [1.82, 2.24) is 0 Å². The van der Waals surface area contributed by atoms with E-state index in [-0.39, 0.29) is 5.60 Å². The molecule has 0 aliphatic heterocycles. The summed E-state index contributed by atoms with van der Waals surface area (Å²) in [6, 6.07) is 8.49. The van der Waals surface area contributed by atoms with Crippen LogP contribution >= 0.6 is 0 Å². The maximum Gasteiger partial charge on any atom is 0.149 e. The summed E-state index contributed by atoms with van der Waals surface area (Å²) in [6.07, 6.45) is 17.0. The van der Waals surface area contributed by atoms with E-state index in [0.717, 1.165) is 25.0 Å². The van der Waals surface area contributed by atoms with Gasteiger partial charge in [-0.2, -0.15) is 0 Å². The summed E-state index contributed by atoms with van der Waals surface area (Å²) in [5.74, 6) is 0.936. The highest BCUT2D eigenvalue weighted by Gasteiger charge is 2.25. The Morgan fingerprint density at radius 2 is 1.95 bits per heavy atom. The van der Waals surface area contributed by atoms with Crippen LogP contribution in [-0.2, 0) is 6.42 Å². The molecule has 0 bridgehead atoms. The van der Waals surface area contributed by atoms with Crippen LogP contribution in [0.5, 0.6) is 5.75 Å². The Kier molecular flexibility index (Phi) is 5.23. The maximum absolute atomic E-state index is 6.25. The predicted molar refractivity (Wildman–Crippen MR) is 86.1 cm³/mol. The molecule has 1 aromatic rings. The van der Waals surface area contributed by atoms with Gasteiger partial charge in [-0.25, -0.2) is 0 Å². The fourth-order valence-corrected chi connectivity index (χ4v) is 2.40. The molecule has 1 unspecified atom stereocenters. The van der Waals surface area contributed by atoms with Crippen LogP contribution in [0.3, 0.4) is 0 Å². The number of hydrogen-bond donors (Lipinski definition) is 0. The first-order chi connectivity index (χ1) is 9.78. The van der Waals surface area contributed by atoms with E-state index in [1.54, 1.807) is 0 Å². The molecule has 0 N–H and O–H groups in total. The Balaban J connectivity index is 2.13. The molecule has 0 aromatic heterocycles. The summed E-state index contributed by atoms with van der Waals surface area (Å²) < 4.78 is 6.25. The van der Waals surface area contributed by atoms with Gasteiger partial charge in [0.25, 0.3) is 0 Å². The molecule has 0 fully saturated rings. The van der Waals surface area contributed by atoms with Gasteiger partial charge in [0.2, 0.25) is 0 Å². The molecule has 0 heterocycles. The van der Waals surface area contributed by atoms with Gasteiger partial charge in [-0.05, 0) is 42.7 Å². The molecule has 1 aromatic carbocycles. The van der Waals surface area contributed by atoms with Gasteiger partial charge >= 0.3 is 0 Å². The van der Waals surface area contributed by atoms with Crippen LogP contribution in [0.15, 0.2) is 60.7 Å². The third-order valence-corrected chi connectivity index (χ3v) is 3.47. The van der Waals surface area contributed by atoms with Crippen LogP contribution in [0.4, 0.5) is 0 Å². The van der Waals surface area contributed by atoms with Crippen molar-refractivity contribution in [3.63, 3.8) is 0 Å². The lowest BCUT2D eigenvalue weighted by molar-refractivity contribution is 0.173. The topological polar surface area (TPSA) is 9.23 Å². The van der Waals surface area contributed by atoms with Gasteiger partial charge in [-0.15, -0.1) is 0 Å². The monoisotopic (exact) mass is 268 g/mol. The second kappa shape index (κ2) is 7.14. The highest BCUT2D eigenvalue weighted by molar-refractivity contribution is 5.32. The van der Waals surface area contributed by atoms with Crippen molar-refractivity contribution in [3.05, 3.63) is 66.3 Å². The van der Waals surface area contributed by atoms with Crippen molar-refractivity contribution < 1.29 is 4.74 Å². The molecule has 1 aliphatic carbocycles. The molecule has 1 atom stereocenters. The second-order valence-electron chi connectivity index (χ2n) is 5.25. The van der Waals surface area contributed by atoms with Crippen LogP contribution in [0, 0.1) is 0 Å². The molecule has 20 heavy (non-hydrogen) atoms. The van der Waals surface area contributed by atoms with E-state index >= 15 is 0 Å².